The van der Waals surface area contributed by atoms with Crippen LogP contribution in [0.1, 0.15) is 10.5 Å². The van der Waals surface area contributed by atoms with Gasteiger partial charge in [-0.2, -0.15) is 5.10 Å². The van der Waals surface area contributed by atoms with Gasteiger partial charge in [-0.15, -0.1) is 0 Å². The molecule has 2 rings (SSSR count). The van der Waals surface area contributed by atoms with Crippen LogP contribution in [0.4, 0.5) is 0 Å². The third-order valence-electron chi connectivity index (χ3n) is 1.59. The molecule has 0 saturated carbocycles. The van der Waals surface area contributed by atoms with Crippen molar-refractivity contribution in [3.63, 3.8) is 0 Å². The van der Waals surface area contributed by atoms with Gasteiger partial charge in [-0.3, -0.25) is 0 Å². The molecule has 0 spiro atoms. The van der Waals surface area contributed by atoms with E-state index in [-0.39, 0.29) is 10.7 Å². The normalized spacial score (nSPS) is 10.7. The van der Waals surface area contributed by atoms with Gasteiger partial charge in [0, 0.05) is 12.4 Å². The number of nitrogens with zero attached hydrogens (tertiary/aromatic N) is 3. The van der Waals surface area contributed by atoms with Crippen molar-refractivity contribution in [2.24, 2.45) is 0 Å². The molecule has 0 aromatic carbocycles. The lowest BCUT2D eigenvalue weighted by Crippen LogP contribution is -1.98. The van der Waals surface area contributed by atoms with Gasteiger partial charge in [0.1, 0.15) is 5.02 Å². The monoisotopic (exact) mass is 275 g/mol. The Balaban J connectivity index is 2.79. The van der Waals surface area contributed by atoms with Gasteiger partial charge in [0.05, 0.1) is 4.47 Å². The van der Waals surface area contributed by atoms with E-state index in [1.165, 1.54) is 10.7 Å². The molecule has 0 atom stereocenters. The summed E-state index contributed by atoms with van der Waals surface area (Å²) in [6, 6.07) is 0. The van der Waals surface area contributed by atoms with Gasteiger partial charge in [0.2, 0.25) is 0 Å². The van der Waals surface area contributed by atoms with E-state index in [9.17, 15) is 4.79 Å². The summed E-state index contributed by atoms with van der Waals surface area (Å²) >= 11 is 8.95. The Bertz CT molecular complexity index is 525. The highest BCUT2D eigenvalue weighted by Gasteiger charge is 2.17. The van der Waals surface area contributed by atoms with Crippen LogP contribution in [0.5, 0.6) is 0 Å². The highest BCUT2D eigenvalue weighted by Crippen LogP contribution is 2.21. The molecule has 0 aliphatic carbocycles. The van der Waals surface area contributed by atoms with Gasteiger partial charge >= 0.3 is 5.97 Å². The van der Waals surface area contributed by atoms with Gasteiger partial charge in [-0.25, -0.2) is 14.3 Å². The van der Waals surface area contributed by atoms with Crippen LogP contribution in [-0.2, 0) is 0 Å². The minimum absolute atomic E-state index is 0.0463. The van der Waals surface area contributed by atoms with Crippen LogP contribution in [0.3, 0.4) is 0 Å². The number of carboxylic acid groups (broad SMARTS) is 1. The lowest BCUT2D eigenvalue weighted by Gasteiger charge is -1.91. The molecule has 0 amide bonds. The molecule has 72 valence electrons. The number of rotatable bonds is 1. The number of fused-ring (bicyclic) bond motifs is 1. The Morgan fingerprint density at radius 2 is 2.36 bits per heavy atom. The minimum Gasteiger partial charge on any atom is -0.476 e. The number of aromatic carboxylic acids is 1. The van der Waals surface area contributed by atoms with Gasteiger partial charge < -0.3 is 5.11 Å². The number of hydrogen-bond acceptors (Lipinski definition) is 3. The van der Waals surface area contributed by atoms with Gasteiger partial charge in [-0.1, -0.05) is 11.6 Å². The van der Waals surface area contributed by atoms with Crippen molar-refractivity contribution in [3.05, 3.63) is 27.6 Å². The summed E-state index contributed by atoms with van der Waals surface area (Å²) in [7, 11) is 0. The topological polar surface area (TPSA) is 67.5 Å². The van der Waals surface area contributed by atoms with Crippen LogP contribution >= 0.6 is 27.5 Å². The largest absolute Gasteiger partial charge is 0.476 e. The predicted octanol–water partition coefficient (Wildman–Crippen LogP) is 1.84. The Morgan fingerprint density at radius 3 is 3.00 bits per heavy atom. The second kappa shape index (κ2) is 3.21. The summed E-state index contributed by atoms with van der Waals surface area (Å²) in [5.41, 5.74) is 0.129. The fourth-order valence-corrected chi connectivity index (χ4v) is 1.57. The fraction of sp³-hybridized carbons (Fsp3) is 0. The Morgan fingerprint density at radius 1 is 1.64 bits per heavy atom. The zero-order valence-electron chi connectivity index (χ0n) is 6.61. The van der Waals surface area contributed by atoms with Crippen molar-refractivity contribution < 1.29 is 9.90 Å². The van der Waals surface area contributed by atoms with E-state index in [2.05, 4.69) is 26.0 Å². The number of carboxylic acids is 1. The van der Waals surface area contributed by atoms with E-state index >= 15 is 0 Å². The molecule has 0 fully saturated rings. The number of halogens is 2. The number of hydrogen-bond donors (Lipinski definition) is 1. The van der Waals surface area contributed by atoms with Crippen LogP contribution in [-0.4, -0.2) is 25.7 Å². The molecule has 2 aromatic heterocycles. The molecule has 5 nitrogen and oxygen atoms in total. The second-order valence-electron chi connectivity index (χ2n) is 2.51. The summed E-state index contributed by atoms with van der Waals surface area (Å²) in [5, 5.41) is 12.5. The molecule has 2 heterocycles. The van der Waals surface area contributed by atoms with E-state index in [1.54, 1.807) is 6.20 Å². The van der Waals surface area contributed by atoms with E-state index in [4.69, 9.17) is 16.7 Å². The van der Waals surface area contributed by atoms with E-state index in [0.29, 0.717) is 10.1 Å². The summed E-state index contributed by atoms with van der Waals surface area (Å²) in [6.07, 6.45) is 3.11. The first kappa shape index (κ1) is 9.42. The van der Waals surface area contributed by atoms with Crippen molar-refractivity contribution >= 4 is 39.1 Å². The van der Waals surface area contributed by atoms with Gasteiger partial charge in [0.25, 0.3) is 0 Å². The molecule has 0 saturated heterocycles. The zero-order valence-corrected chi connectivity index (χ0v) is 8.95. The smallest absolute Gasteiger partial charge is 0.358 e. The number of aromatic nitrogens is 3. The lowest BCUT2D eigenvalue weighted by molar-refractivity contribution is 0.0690. The van der Waals surface area contributed by atoms with Crippen molar-refractivity contribution in [1.82, 2.24) is 14.6 Å². The van der Waals surface area contributed by atoms with E-state index < -0.39 is 5.97 Å². The molecule has 0 unspecified atom stereocenters. The first-order valence-corrected chi connectivity index (χ1v) is 4.69. The summed E-state index contributed by atoms with van der Waals surface area (Å²) < 4.78 is 2.01. The maximum absolute atomic E-state index is 10.7. The average molecular weight is 276 g/mol. The predicted molar refractivity (Wildman–Crippen MR) is 52.7 cm³/mol. The molecule has 0 bridgehead atoms. The highest BCUT2D eigenvalue weighted by atomic mass is 79.9. The first-order valence-electron chi connectivity index (χ1n) is 3.52. The Kier molecular flexibility index (Phi) is 2.16. The molecule has 2 aromatic rings. The van der Waals surface area contributed by atoms with E-state index in [1.807, 2.05) is 0 Å². The zero-order chi connectivity index (χ0) is 10.3. The second-order valence-corrected chi connectivity index (χ2v) is 3.80. The molecule has 0 aliphatic rings. The third kappa shape index (κ3) is 1.36. The van der Waals surface area contributed by atoms with Crippen LogP contribution in [0.2, 0.25) is 5.02 Å². The molecular formula is C7H3BrClN3O2. The van der Waals surface area contributed by atoms with Gasteiger partial charge in [-0.05, 0) is 15.9 Å². The highest BCUT2D eigenvalue weighted by molar-refractivity contribution is 9.10. The lowest BCUT2D eigenvalue weighted by atomic mass is 10.4. The molecule has 7 heteroatoms. The first-order chi connectivity index (χ1) is 6.59. The SMILES string of the molecule is O=C(O)c1nn2cc(Br)cnc2c1Cl. The standard InChI is InChI=1S/C7H3BrClN3O2/c8-3-1-10-6-4(9)5(7(13)14)11-12(6)2-3/h1-2H,(H,13,14). The summed E-state index contributed by atoms with van der Waals surface area (Å²) in [6.45, 7) is 0. The van der Waals surface area contributed by atoms with Crippen molar-refractivity contribution in [2.45, 2.75) is 0 Å². The van der Waals surface area contributed by atoms with Crippen LogP contribution in [0, 0.1) is 0 Å². The third-order valence-corrected chi connectivity index (χ3v) is 2.34. The van der Waals surface area contributed by atoms with Crippen molar-refractivity contribution in [2.75, 3.05) is 0 Å². The molecule has 0 aliphatic heterocycles. The summed E-state index contributed by atoms with van der Waals surface area (Å²) in [5.74, 6) is -1.17. The molecule has 0 radical (unpaired) electrons. The maximum Gasteiger partial charge on any atom is 0.358 e. The average Bonchev–Trinajstić information content (AvgIpc) is 2.43. The van der Waals surface area contributed by atoms with Crippen LogP contribution in [0.15, 0.2) is 16.9 Å². The molecular weight excluding hydrogens is 273 g/mol. The minimum atomic E-state index is -1.17. The molecule has 14 heavy (non-hydrogen) atoms. The Hall–Kier alpha value is -1.14. The maximum atomic E-state index is 10.7. The van der Waals surface area contributed by atoms with E-state index in [0.717, 1.165) is 0 Å². The van der Waals surface area contributed by atoms with Crippen LogP contribution < -0.4 is 0 Å². The summed E-state index contributed by atoms with van der Waals surface area (Å²) in [4.78, 5) is 14.6. The number of carbonyl (C=O) groups is 1. The van der Waals surface area contributed by atoms with Crippen LogP contribution in [0.25, 0.3) is 5.65 Å². The van der Waals surface area contributed by atoms with Crippen molar-refractivity contribution in [1.29, 1.82) is 0 Å². The fourth-order valence-electron chi connectivity index (χ4n) is 1.02. The van der Waals surface area contributed by atoms with Gasteiger partial charge in [0.15, 0.2) is 11.3 Å². The molecule has 1 N–H and O–H groups in total. The quantitative estimate of drug-likeness (QED) is 0.863. The van der Waals surface area contributed by atoms with Crippen molar-refractivity contribution in [3.8, 4) is 0 Å². The Labute approximate surface area is 91.4 Å².